The fourth-order valence-electron chi connectivity index (χ4n) is 2.59. The monoisotopic (exact) mass is 296 g/mol. The van der Waals surface area contributed by atoms with Crippen molar-refractivity contribution in [2.24, 2.45) is 0 Å². The molecule has 0 bridgehead atoms. The fraction of sp³-hybridized carbons (Fsp3) is 0.692. The number of hydrogen-bond acceptors (Lipinski definition) is 4. The van der Waals surface area contributed by atoms with E-state index < -0.39 is 15.6 Å². The van der Waals surface area contributed by atoms with Crippen LogP contribution in [0.25, 0.3) is 0 Å². The molecule has 1 saturated carbocycles. The first-order valence-electron chi connectivity index (χ1n) is 6.94. The summed E-state index contributed by atoms with van der Waals surface area (Å²) in [6, 6.07) is 2.19. The molecule has 0 aliphatic heterocycles. The van der Waals surface area contributed by atoms with Crippen molar-refractivity contribution < 1.29 is 8.42 Å². The van der Waals surface area contributed by atoms with E-state index in [1.165, 1.54) is 6.20 Å². The Balaban J connectivity index is 2.22. The molecule has 1 aliphatic rings. The van der Waals surface area contributed by atoms with Crippen LogP contribution in [0.4, 0.5) is 0 Å². The van der Waals surface area contributed by atoms with Gasteiger partial charge in [-0.25, -0.2) is 13.4 Å². The Bertz CT molecular complexity index is 592. The Labute approximate surface area is 119 Å². The van der Waals surface area contributed by atoms with Crippen molar-refractivity contribution in [1.82, 2.24) is 14.7 Å². The van der Waals surface area contributed by atoms with E-state index in [1.54, 1.807) is 6.92 Å². The number of aromatic amines is 1. The fourth-order valence-corrected chi connectivity index (χ4v) is 3.94. The molecule has 0 radical (unpaired) electrons. The van der Waals surface area contributed by atoms with Gasteiger partial charge in [-0.1, -0.05) is 32.1 Å². The van der Waals surface area contributed by atoms with Crippen molar-refractivity contribution in [2.45, 2.75) is 62.4 Å². The lowest BCUT2D eigenvalue weighted by Gasteiger charge is -2.29. The minimum absolute atomic E-state index is 0.0201. The summed E-state index contributed by atoms with van der Waals surface area (Å²) in [4.78, 5) is 6.60. The highest BCUT2D eigenvalue weighted by molar-refractivity contribution is 7.89. The molecule has 1 aromatic rings. The first-order chi connectivity index (χ1) is 9.47. The van der Waals surface area contributed by atoms with Gasteiger partial charge in [0.15, 0.2) is 5.03 Å². The largest absolute Gasteiger partial charge is 0.332 e. The maximum Gasteiger partial charge on any atom is 0.258 e. The second kappa shape index (κ2) is 5.94. The number of rotatable bonds is 3. The van der Waals surface area contributed by atoms with Gasteiger partial charge in [-0.05, 0) is 19.8 Å². The number of nitrogens with zero attached hydrogens (tertiary/aromatic N) is 2. The number of nitrogens with one attached hydrogen (secondary N) is 2. The summed E-state index contributed by atoms with van der Waals surface area (Å²) < 4.78 is 27.3. The summed E-state index contributed by atoms with van der Waals surface area (Å²) in [6.07, 6.45) is 7.42. The third kappa shape index (κ3) is 3.38. The molecule has 1 fully saturated rings. The van der Waals surface area contributed by atoms with Gasteiger partial charge in [-0.3, -0.25) is 0 Å². The third-order valence-electron chi connectivity index (χ3n) is 3.72. The first-order valence-corrected chi connectivity index (χ1v) is 8.43. The van der Waals surface area contributed by atoms with Crippen molar-refractivity contribution in [3.63, 3.8) is 0 Å². The molecule has 1 aromatic heterocycles. The van der Waals surface area contributed by atoms with Crippen LogP contribution in [-0.2, 0) is 10.0 Å². The van der Waals surface area contributed by atoms with E-state index in [0.29, 0.717) is 18.7 Å². The van der Waals surface area contributed by atoms with Gasteiger partial charge >= 0.3 is 0 Å². The van der Waals surface area contributed by atoms with Gasteiger partial charge < -0.3 is 4.98 Å². The van der Waals surface area contributed by atoms with Gasteiger partial charge in [0.2, 0.25) is 0 Å². The Morgan fingerprint density at radius 3 is 2.40 bits per heavy atom. The lowest BCUT2D eigenvalue weighted by atomic mass is 9.86. The highest BCUT2D eigenvalue weighted by atomic mass is 32.2. The normalized spacial score (nSPS) is 19.8. The SMILES string of the molecule is Cc1ncc(S(=O)(=O)NC2(C#N)CCCCCCC2)[nH]1. The van der Waals surface area contributed by atoms with Crippen molar-refractivity contribution in [2.75, 3.05) is 0 Å². The number of imidazole rings is 1. The van der Waals surface area contributed by atoms with E-state index in [9.17, 15) is 13.7 Å². The van der Waals surface area contributed by atoms with Crippen LogP contribution < -0.4 is 4.72 Å². The van der Waals surface area contributed by atoms with Crippen molar-refractivity contribution in [3.05, 3.63) is 12.0 Å². The summed E-state index contributed by atoms with van der Waals surface area (Å²) in [5.74, 6) is 0.536. The Hall–Kier alpha value is -1.39. The molecule has 2 N–H and O–H groups in total. The van der Waals surface area contributed by atoms with E-state index in [4.69, 9.17) is 0 Å². The second-order valence-electron chi connectivity index (χ2n) is 5.40. The highest BCUT2D eigenvalue weighted by Gasteiger charge is 2.35. The molecule has 1 heterocycles. The van der Waals surface area contributed by atoms with Gasteiger partial charge in [0, 0.05) is 0 Å². The van der Waals surface area contributed by atoms with Crippen LogP contribution >= 0.6 is 0 Å². The van der Waals surface area contributed by atoms with E-state index in [-0.39, 0.29) is 5.03 Å². The summed E-state index contributed by atoms with van der Waals surface area (Å²) >= 11 is 0. The summed E-state index contributed by atoms with van der Waals surface area (Å²) in [5, 5.41) is 9.49. The molecule has 0 saturated heterocycles. The Morgan fingerprint density at radius 2 is 1.90 bits per heavy atom. The van der Waals surface area contributed by atoms with Crippen molar-refractivity contribution >= 4 is 10.0 Å². The van der Waals surface area contributed by atoms with Gasteiger partial charge in [0.05, 0.1) is 12.3 Å². The van der Waals surface area contributed by atoms with E-state index in [1.807, 2.05) is 0 Å². The molecular weight excluding hydrogens is 276 g/mol. The Morgan fingerprint density at radius 1 is 1.30 bits per heavy atom. The molecule has 2 rings (SSSR count). The molecule has 0 spiro atoms. The van der Waals surface area contributed by atoms with Gasteiger partial charge in [0.1, 0.15) is 11.4 Å². The predicted molar refractivity (Wildman–Crippen MR) is 74.3 cm³/mol. The molecular formula is C13H20N4O2S. The standard InChI is InChI=1S/C13H20N4O2S/c1-11-15-9-12(16-11)20(18,19)17-13(10-14)7-5-3-2-4-6-8-13/h9,17H,2-8H2,1H3,(H,15,16). The van der Waals surface area contributed by atoms with Gasteiger partial charge in [-0.2, -0.15) is 9.98 Å². The minimum Gasteiger partial charge on any atom is -0.332 e. The molecule has 7 heteroatoms. The maximum absolute atomic E-state index is 12.3. The summed E-state index contributed by atoms with van der Waals surface area (Å²) in [7, 11) is -3.73. The zero-order chi connectivity index (χ0) is 14.6. The quantitative estimate of drug-likeness (QED) is 0.891. The van der Waals surface area contributed by atoms with E-state index >= 15 is 0 Å². The van der Waals surface area contributed by atoms with E-state index in [2.05, 4.69) is 20.8 Å². The lowest BCUT2D eigenvalue weighted by molar-refractivity contribution is 0.357. The van der Waals surface area contributed by atoms with Crippen LogP contribution in [0.5, 0.6) is 0 Å². The van der Waals surface area contributed by atoms with E-state index in [0.717, 1.165) is 32.1 Å². The number of sulfonamides is 1. The second-order valence-corrected chi connectivity index (χ2v) is 7.05. The molecule has 0 amide bonds. The van der Waals surface area contributed by atoms with Crippen LogP contribution in [0.1, 0.15) is 50.8 Å². The van der Waals surface area contributed by atoms with Crippen LogP contribution in [0.15, 0.2) is 11.2 Å². The number of aryl methyl sites for hydroxylation is 1. The molecule has 110 valence electrons. The molecule has 6 nitrogen and oxygen atoms in total. The van der Waals surface area contributed by atoms with Crippen LogP contribution in [0.3, 0.4) is 0 Å². The smallest absolute Gasteiger partial charge is 0.258 e. The van der Waals surface area contributed by atoms with Gasteiger partial charge in [-0.15, -0.1) is 0 Å². The molecule has 0 aromatic carbocycles. The molecule has 1 aliphatic carbocycles. The van der Waals surface area contributed by atoms with Crippen molar-refractivity contribution in [3.8, 4) is 6.07 Å². The zero-order valence-corrected chi connectivity index (χ0v) is 12.5. The highest BCUT2D eigenvalue weighted by Crippen LogP contribution is 2.27. The topological polar surface area (TPSA) is 98.6 Å². The zero-order valence-electron chi connectivity index (χ0n) is 11.6. The maximum atomic E-state index is 12.3. The summed E-state index contributed by atoms with van der Waals surface area (Å²) in [6.45, 7) is 1.69. The molecule has 0 atom stereocenters. The lowest BCUT2D eigenvalue weighted by Crippen LogP contribution is -2.47. The first kappa shape index (κ1) is 15.0. The average Bonchev–Trinajstić information content (AvgIpc) is 2.80. The van der Waals surface area contributed by atoms with Crippen LogP contribution in [0, 0.1) is 18.3 Å². The van der Waals surface area contributed by atoms with Crippen LogP contribution in [-0.4, -0.2) is 23.9 Å². The minimum atomic E-state index is -3.73. The number of H-pyrrole nitrogens is 1. The number of hydrogen-bond donors (Lipinski definition) is 2. The molecule has 0 unspecified atom stereocenters. The van der Waals surface area contributed by atoms with Gasteiger partial charge in [0.25, 0.3) is 10.0 Å². The summed E-state index contributed by atoms with van der Waals surface area (Å²) in [5.41, 5.74) is -0.988. The number of nitriles is 1. The van der Waals surface area contributed by atoms with Crippen LogP contribution in [0.2, 0.25) is 0 Å². The van der Waals surface area contributed by atoms with Crippen molar-refractivity contribution in [1.29, 1.82) is 5.26 Å². The third-order valence-corrected chi connectivity index (χ3v) is 5.17. The molecule has 20 heavy (non-hydrogen) atoms. The number of aromatic nitrogens is 2. The predicted octanol–water partition coefficient (Wildman–Crippen LogP) is 2.00. The average molecular weight is 296 g/mol. The Kier molecular flexibility index (Phi) is 4.45.